The van der Waals surface area contributed by atoms with Gasteiger partial charge in [-0.3, -0.25) is 0 Å². The minimum Gasteiger partial charge on any atom is -0.307 e. The Kier molecular flexibility index (Phi) is 6.82. The third kappa shape index (κ3) is 4.64. The second-order valence-electron chi connectivity index (χ2n) is 13.8. The van der Waals surface area contributed by atoms with Crippen LogP contribution in [0.3, 0.4) is 0 Å². The molecule has 0 saturated carbocycles. The molecule has 8 aromatic carbocycles. The predicted octanol–water partition coefficient (Wildman–Crippen LogP) is 12.8. The Balaban J connectivity index is 1.27. The molecule has 0 saturated heterocycles. The number of para-hydroxylation sites is 2. The van der Waals surface area contributed by atoms with Crippen LogP contribution in [0.25, 0.3) is 99.7 Å². The van der Waals surface area contributed by atoms with E-state index < -0.39 is 0 Å². The summed E-state index contributed by atoms with van der Waals surface area (Å²) in [6.07, 6.45) is 0. The molecule has 252 valence electrons. The average molecular weight is 689 g/mol. The van der Waals surface area contributed by atoms with E-state index in [1.807, 2.05) is 12.1 Å². The van der Waals surface area contributed by atoms with Gasteiger partial charge in [0.1, 0.15) is 0 Å². The van der Waals surface area contributed by atoms with Crippen LogP contribution in [0.2, 0.25) is 0 Å². The number of rotatable bonds is 5. The van der Waals surface area contributed by atoms with E-state index in [0.717, 1.165) is 39.5 Å². The van der Waals surface area contributed by atoms with Crippen molar-refractivity contribution in [2.75, 3.05) is 0 Å². The molecular weight excluding hydrogens is 657 g/mol. The van der Waals surface area contributed by atoms with Gasteiger partial charge in [0, 0.05) is 44.2 Å². The average Bonchev–Trinajstić information content (AvgIpc) is 3.78. The molecule has 0 N–H and O–H groups in total. The van der Waals surface area contributed by atoms with Crippen molar-refractivity contribution in [1.29, 1.82) is 0 Å². The predicted molar refractivity (Wildman–Crippen MR) is 225 cm³/mol. The summed E-state index contributed by atoms with van der Waals surface area (Å²) in [4.78, 5) is 10.4. The van der Waals surface area contributed by atoms with Gasteiger partial charge < -0.3 is 9.13 Å². The number of hydrogen-bond acceptors (Lipinski definition) is 2. The smallest absolute Gasteiger partial charge is 0.160 e. The summed E-state index contributed by atoms with van der Waals surface area (Å²) >= 11 is 0. The molecule has 0 unspecified atom stereocenters. The lowest BCUT2D eigenvalue weighted by Crippen LogP contribution is -1.98. The van der Waals surface area contributed by atoms with Gasteiger partial charge in [-0.1, -0.05) is 158 Å². The van der Waals surface area contributed by atoms with Crippen molar-refractivity contribution in [3.63, 3.8) is 0 Å². The van der Waals surface area contributed by atoms with Gasteiger partial charge in [-0.15, -0.1) is 0 Å². The normalized spacial score (nSPS) is 11.7. The topological polar surface area (TPSA) is 35.6 Å². The number of aromatic nitrogens is 4. The van der Waals surface area contributed by atoms with E-state index in [4.69, 9.17) is 9.97 Å². The van der Waals surface area contributed by atoms with Crippen molar-refractivity contribution in [2.45, 2.75) is 0 Å². The first-order valence-electron chi connectivity index (χ1n) is 18.3. The lowest BCUT2D eigenvalue weighted by molar-refractivity contribution is 1.16. The fourth-order valence-electron chi connectivity index (χ4n) is 8.36. The molecule has 0 radical (unpaired) electrons. The van der Waals surface area contributed by atoms with Crippen LogP contribution in [0.15, 0.2) is 194 Å². The lowest BCUT2D eigenvalue weighted by Gasteiger charge is -2.14. The molecular formula is C50H32N4. The van der Waals surface area contributed by atoms with Crippen LogP contribution in [0.4, 0.5) is 0 Å². The zero-order valence-electron chi connectivity index (χ0n) is 29.3. The maximum Gasteiger partial charge on any atom is 0.160 e. The van der Waals surface area contributed by atoms with Gasteiger partial charge in [0.15, 0.2) is 5.82 Å². The molecule has 0 aliphatic heterocycles. The van der Waals surface area contributed by atoms with E-state index in [0.29, 0.717) is 5.82 Å². The summed E-state index contributed by atoms with van der Waals surface area (Å²) in [7, 11) is 0. The summed E-state index contributed by atoms with van der Waals surface area (Å²) in [6.45, 7) is 0. The molecule has 54 heavy (non-hydrogen) atoms. The van der Waals surface area contributed by atoms with Gasteiger partial charge in [-0.25, -0.2) is 9.97 Å². The highest BCUT2D eigenvalue weighted by Gasteiger charge is 2.25. The third-order valence-corrected chi connectivity index (χ3v) is 10.7. The van der Waals surface area contributed by atoms with Gasteiger partial charge in [0.2, 0.25) is 0 Å². The highest BCUT2D eigenvalue weighted by atomic mass is 15.1. The van der Waals surface area contributed by atoms with Crippen LogP contribution >= 0.6 is 0 Å². The number of hydrogen-bond donors (Lipinski definition) is 0. The first kappa shape index (κ1) is 30.3. The highest BCUT2D eigenvalue weighted by Crippen LogP contribution is 2.46. The van der Waals surface area contributed by atoms with Gasteiger partial charge >= 0.3 is 0 Å². The zero-order chi connectivity index (χ0) is 35.6. The lowest BCUT2D eigenvalue weighted by atomic mass is 9.97. The Morgan fingerprint density at radius 3 is 1.48 bits per heavy atom. The molecule has 0 atom stereocenters. The zero-order valence-corrected chi connectivity index (χ0v) is 29.3. The molecule has 0 spiro atoms. The summed E-state index contributed by atoms with van der Waals surface area (Å²) in [5.41, 5.74) is 11.8. The Labute approximate surface area is 311 Å². The first-order chi connectivity index (χ1) is 26.8. The molecule has 0 aliphatic rings. The van der Waals surface area contributed by atoms with Crippen LogP contribution < -0.4 is 0 Å². The molecule has 0 aliphatic carbocycles. The molecule has 3 aromatic heterocycles. The third-order valence-electron chi connectivity index (χ3n) is 10.7. The Hall–Kier alpha value is -7.30. The fourth-order valence-corrected chi connectivity index (χ4v) is 8.36. The minimum absolute atomic E-state index is 0.687. The molecule has 4 nitrogen and oxygen atoms in total. The summed E-state index contributed by atoms with van der Waals surface area (Å²) in [6, 6.07) is 68.8. The maximum absolute atomic E-state index is 5.21. The van der Waals surface area contributed by atoms with Crippen molar-refractivity contribution in [2.24, 2.45) is 0 Å². The molecule has 4 heteroatoms. The van der Waals surface area contributed by atoms with E-state index in [1.54, 1.807) is 0 Å². The number of fused-ring (bicyclic) bond motifs is 10. The van der Waals surface area contributed by atoms with Crippen LogP contribution in [-0.2, 0) is 0 Å². The summed E-state index contributed by atoms with van der Waals surface area (Å²) in [5.74, 6) is 0.687. The summed E-state index contributed by atoms with van der Waals surface area (Å²) < 4.78 is 4.94. The maximum atomic E-state index is 5.21. The van der Waals surface area contributed by atoms with Crippen LogP contribution in [0.5, 0.6) is 0 Å². The monoisotopic (exact) mass is 688 g/mol. The number of benzene rings is 8. The molecule has 3 heterocycles. The van der Waals surface area contributed by atoms with Crippen molar-refractivity contribution < 1.29 is 0 Å². The minimum atomic E-state index is 0.687. The molecule has 0 fully saturated rings. The Bertz CT molecular complexity index is 3140. The van der Waals surface area contributed by atoms with Gasteiger partial charge in [-0.2, -0.15) is 0 Å². The largest absolute Gasteiger partial charge is 0.307 e. The van der Waals surface area contributed by atoms with Gasteiger partial charge in [-0.05, 0) is 52.6 Å². The van der Waals surface area contributed by atoms with Crippen molar-refractivity contribution in [3.8, 4) is 45.3 Å². The number of nitrogens with zero attached hydrogens (tertiary/aromatic N) is 4. The van der Waals surface area contributed by atoms with Crippen LogP contribution in [0.1, 0.15) is 0 Å². The van der Waals surface area contributed by atoms with Crippen LogP contribution in [0, 0.1) is 0 Å². The highest BCUT2D eigenvalue weighted by molar-refractivity contribution is 6.34. The van der Waals surface area contributed by atoms with E-state index in [2.05, 4.69) is 191 Å². The fraction of sp³-hybridized carbons (Fsp3) is 0. The van der Waals surface area contributed by atoms with Gasteiger partial charge in [0.05, 0.1) is 33.5 Å². The van der Waals surface area contributed by atoms with Crippen molar-refractivity contribution >= 4 is 54.4 Å². The SMILES string of the molecule is c1ccc(-c2cc(-c3ccccc3)nc(-c3cccc(-n4c5c6ccccc6c6ccccc6c5c5c4c4ccccc4n5-c4ccccc4)c3)n2)cc1. The van der Waals surface area contributed by atoms with E-state index in [9.17, 15) is 0 Å². The van der Waals surface area contributed by atoms with Gasteiger partial charge in [0.25, 0.3) is 0 Å². The second kappa shape index (κ2) is 12.1. The van der Waals surface area contributed by atoms with Crippen LogP contribution in [-0.4, -0.2) is 19.1 Å². The summed E-state index contributed by atoms with van der Waals surface area (Å²) in [5, 5.41) is 7.36. The first-order valence-corrected chi connectivity index (χ1v) is 18.3. The molecule has 11 aromatic rings. The molecule has 11 rings (SSSR count). The Morgan fingerprint density at radius 2 is 0.815 bits per heavy atom. The van der Waals surface area contributed by atoms with E-state index in [1.165, 1.54) is 54.4 Å². The van der Waals surface area contributed by atoms with E-state index in [-0.39, 0.29) is 0 Å². The quantitative estimate of drug-likeness (QED) is 0.169. The van der Waals surface area contributed by atoms with Crippen molar-refractivity contribution in [3.05, 3.63) is 194 Å². The van der Waals surface area contributed by atoms with E-state index >= 15 is 0 Å². The van der Waals surface area contributed by atoms with Crippen molar-refractivity contribution in [1.82, 2.24) is 19.1 Å². The second-order valence-corrected chi connectivity index (χ2v) is 13.8. The Morgan fingerprint density at radius 1 is 0.315 bits per heavy atom. The molecule has 0 amide bonds. The standard InChI is InChI=1S/C50H32N4/c1-4-17-33(18-5-1)43-32-44(34-19-6-2-7-20-34)52-50(51-43)35-21-16-24-37(31-35)54-47-41-28-13-11-26-39(41)38-25-10-12-27-40(38)46(47)49-48(54)42-29-14-15-30-45(42)53(49)36-22-8-3-9-23-36/h1-32H. The molecule has 0 bridgehead atoms.